The van der Waals surface area contributed by atoms with E-state index in [2.05, 4.69) is 25.4 Å². The maximum absolute atomic E-state index is 12.6. The fraction of sp³-hybridized carbons (Fsp3) is 0.533. The van der Waals surface area contributed by atoms with Crippen LogP contribution in [0.4, 0.5) is 0 Å². The number of piperidine rings is 1. The van der Waals surface area contributed by atoms with E-state index in [-0.39, 0.29) is 6.42 Å². The predicted molar refractivity (Wildman–Crippen MR) is 91.0 cm³/mol. The van der Waals surface area contributed by atoms with Crippen LogP contribution < -0.4 is 4.72 Å². The molecule has 0 aliphatic carbocycles. The van der Waals surface area contributed by atoms with Crippen LogP contribution in [0.15, 0.2) is 28.7 Å². The Morgan fingerprint density at radius 3 is 2.43 bits per heavy atom. The lowest BCUT2D eigenvalue weighted by molar-refractivity contribution is -0.141. The molecule has 8 heteroatoms. The zero-order valence-electron chi connectivity index (χ0n) is 13.0. The molecule has 0 saturated carbocycles. The van der Waals surface area contributed by atoms with Crippen LogP contribution in [0.25, 0.3) is 0 Å². The number of nitrogens with one attached hydrogen (secondary N) is 1. The SMILES string of the molecule is COC(=O)CC(NS(=O)(=O)N1CCCCC1)c1ccc(Br)cc1. The Bertz CT molecular complexity index is 627. The molecule has 128 valence electrons. The number of ether oxygens (including phenoxy) is 1. The van der Waals surface area contributed by atoms with E-state index in [1.165, 1.54) is 11.4 Å². The molecule has 0 spiro atoms. The second kappa shape index (κ2) is 8.23. The zero-order valence-corrected chi connectivity index (χ0v) is 15.4. The molecule has 1 saturated heterocycles. The maximum Gasteiger partial charge on any atom is 0.307 e. The highest BCUT2D eigenvalue weighted by Gasteiger charge is 2.28. The Labute approximate surface area is 145 Å². The number of halogens is 1. The van der Waals surface area contributed by atoms with Crippen LogP contribution in [0.2, 0.25) is 0 Å². The summed E-state index contributed by atoms with van der Waals surface area (Å²) in [4.78, 5) is 11.6. The van der Waals surface area contributed by atoms with E-state index < -0.39 is 22.2 Å². The molecule has 1 heterocycles. The summed E-state index contributed by atoms with van der Waals surface area (Å²) < 4.78 is 34.8. The average Bonchev–Trinajstić information content (AvgIpc) is 2.55. The molecule has 1 aromatic rings. The van der Waals surface area contributed by atoms with Gasteiger partial charge in [-0.15, -0.1) is 0 Å². The lowest BCUT2D eigenvalue weighted by Crippen LogP contribution is -2.45. The van der Waals surface area contributed by atoms with E-state index >= 15 is 0 Å². The van der Waals surface area contributed by atoms with Crippen molar-refractivity contribution in [1.29, 1.82) is 0 Å². The topological polar surface area (TPSA) is 75.7 Å². The summed E-state index contributed by atoms with van der Waals surface area (Å²) >= 11 is 3.34. The standard InChI is InChI=1S/C15H21BrN2O4S/c1-22-15(19)11-14(12-5-7-13(16)8-6-12)17-23(20,21)18-9-3-2-4-10-18/h5-8,14,17H,2-4,9-11H2,1H3. The summed E-state index contributed by atoms with van der Waals surface area (Å²) in [6, 6.07) is 6.55. The molecule has 1 aliphatic heterocycles. The summed E-state index contributed by atoms with van der Waals surface area (Å²) in [6.45, 7) is 1.03. The van der Waals surface area contributed by atoms with Crippen LogP contribution in [0.3, 0.4) is 0 Å². The number of methoxy groups -OCH3 is 1. The Kier molecular flexibility index (Phi) is 6.58. The van der Waals surface area contributed by atoms with Gasteiger partial charge in [-0.1, -0.05) is 34.5 Å². The second-order valence-electron chi connectivity index (χ2n) is 5.47. The molecule has 1 aliphatic rings. The van der Waals surface area contributed by atoms with Crippen molar-refractivity contribution in [3.8, 4) is 0 Å². The normalized spacial score (nSPS) is 17.7. The Morgan fingerprint density at radius 2 is 1.87 bits per heavy atom. The van der Waals surface area contributed by atoms with Gasteiger partial charge in [0.15, 0.2) is 0 Å². The first-order valence-electron chi connectivity index (χ1n) is 7.52. The third kappa shape index (κ3) is 5.27. The lowest BCUT2D eigenvalue weighted by atomic mass is 10.1. The van der Waals surface area contributed by atoms with E-state index in [4.69, 9.17) is 0 Å². The number of hydrogen-bond donors (Lipinski definition) is 1. The van der Waals surface area contributed by atoms with Crippen LogP contribution in [0, 0.1) is 0 Å². The molecule has 1 N–H and O–H groups in total. The average molecular weight is 405 g/mol. The van der Waals surface area contributed by atoms with Gasteiger partial charge in [0.05, 0.1) is 19.6 Å². The van der Waals surface area contributed by atoms with E-state index in [1.807, 2.05) is 12.1 Å². The fourth-order valence-corrected chi connectivity index (χ4v) is 4.26. The van der Waals surface area contributed by atoms with Gasteiger partial charge in [0, 0.05) is 17.6 Å². The molecule has 1 unspecified atom stereocenters. The van der Waals surface area contributed by atoms with Crippen molar-refractivity contribution in [3.63, 3.8) is 0 Å². The molecule has 2 rings (SSSR count). The van der Waals surface area contributed by atoms with E-state index in [0.717, 1.165) is 29.3 Å². The molecule has 23 heavy (non-hydrogen) atoms. The lowest BCUT2D eigenvalue weighted by Gasteiger charge is -2.28. The van der Waals surface area contributed by atoms with Crippen LogP contribution in [0.1, 0.15) is 37.3 Å². The molecule has 0 bridgehead atoms. The zero-order chi connectivity index (χ0) is 16.9. The minimum Gasteiger partial charge on any atom is -0.469 e. The van der Waals surface area contributed by atoms with E-state index in [9.17, 15) is 13.2 Å². The van der Waals surface area contributed by atoms with Crippen molar-refractivity contribution in [3.05, 3.63) is 34.3 Å². The highest BCUT2D eigenvalue weighted by atomic mass is 79.9. The Morgan fingerprint density at radius 1 is 1.26 bits per heavy atom. The quantitative estimate of drug-likeness (QED) is 0.738. The monoisotopic (exact) mass is 404 g/mol. The molecule has 1 fully saturated rings. The van der Waals surface area contributed by atoms with Crippen molar-refractivity contribution in [2.24, 2.45) is 0 Å². The molecule has 0 radical (unpaired) electrons. The first-order chi connectivity index (χ1) is 10.9. The van der Waals surface area contributed by atoms with Crippen molar-refractivity contribution in [1.82, 2.24) is 9.03 Å². The molecular formula is C15H21BrN2O4S. The number of hydrogen-bond acceptors (Lipinski definition) is 4. The summed E-state index contributed by atoms with van der Waals surface area (Å²) in [6.07, 6.45) is 2.72. The van der Waals surface area contributed by atoms with Gasteiger partial charge in [-0.2, -0.15) is 17.4 Å². The Hall–Kier alpha value is -0.960. The van der Waals surface area contributed by atoms with Gasteiger partial charge in [-0.05, 0) is 30.5 Å². The van der Waals surface area contributed by atoms with Crippen molar-refractivity contribution >= 4 is 32.1 Å². The fourth-order valence-electron chi connectivity index (χ4n) is 2.53. The van der Waals surface area contributed by atoms with E-state index in [0.29, 0.717) is 13.1 Å². The third-order valence-corrected chi connectivity index (χ3v) is 5.97. The molecule has 0 aromatic heterocycles. The first-order valence-corrected chi connectivity index (χ1v) is 9.75. The Balaban J connectivity index is 2.19. The molecule has 1 aromatic carbocycles. The number of benzene rings is 1. The van der Waals surface area contributed by atoms with Crippen molar-refractivity contribution in [2.45, 2.75) is 31.7 Å². The molecule has 0 amide bonds. The van der Waals surface area contributed by atoms with Gasteiger partial charge >= 0.3 is 5.97 Å². The first kappa shape index (κ1) is 18.4. The highest BCUT2D eigenvalue weighted by Crippen LogP contribution is 2.22. The van der Waals surface area contributed by atoms with Crippen LogP contribution >= 0.6 is 15.9 Å². The number of carbonyl (C=O) groups excluding carboxylic acids is 1. The van der Waals surface area contributed by atoms with Gasteiger partial charge < -0.3 is 4.74 Å². The number of carbonyl (C=O) groups is 1. The molecular weight excluding hydrogens is 384 g/mol. The summed E-state index contributed by atoms with van der Waals surface area (Å²) in [5.74, 6) is -0.459. The van der Waals surface area contributed by atoms with Crippen LogP contribution in [0.5, 0.6) is 0 Å². The maximum atomic E-state index is 12.6. The minimum atomic E-state index is -3.63. The van der Waals surface area contributed by atoms with Gasteiger partial charge in [-0.3, -0.25) is 4.79 Å². The minimum absolute atomic E-state index is 0.0504. The van der Waals surface area contributed by atoms with Gasteiger partial charge in [0.2, 0.25) is 0 Å². The largest absolute Gasteiger partial charge is 0.469 e. The van der Waals surface area contributed by atoms with E-state index in [1.54, 1.807) is 12.1 Å². The predicted octanol–water partition coefficient (Wildman–Crippen LogP) is 2.37. The summed E-state index contributed by atoms with van der Waals surface area (Å²) in [5, 5.41) is 0. The third-order valence-electron chi connectivity index (χ3n) is 3.82. The van der Waals surface area contributed by atoms with Gasteiger partial charge in [0.1, 0.15) is 0 Å². The van der Waals surface area contributed by atoms with Crippen molar-refractivity contribution < 1.29 is 17.9 Å². The molecule has 1 atom stereocenters. The summed E-state index contributed by atoms with van der Waals surface area (Å²) in [7, 11) is -2.34. The second-order valence-corrected chi connectivity index (χ2v) is 8.08. The number of rotatable bonds is 6. The van der Waals surface area contributed by atoms with Crippen molar-refractivity contribution in [2.75, 3.05) is 20.2 Å². The summed E-state index contributed by atoms with van der Waals surface area (Å²) in [5.41, 5.74) is 0.721. The number of nitrogens with zero attached hydrogens (tertiary/aromatic N) is 1. The van der Waals surface area contributed by atoms with Gasteiger partial charge in [0.25, 0.3) is 10.2 Å². The van der Waals surface area contributed by atoms with Crippen LogP contribution in [-0.2, 0) is 19.7 Å². The smallest absolute Gasteiger partial charge is 0.307 e. The highest BCUT2D eigenvalue weighted by molar-refractivity contribution is 9.10. The molecule has 6 nitrogen and oxygen atoms in total. The van der Waals surface area contributed by atoms with Gasteiger partial charge in [-0.25, -0.2) is 0 Å². The number of esters is 1. The van der Waals surface area contributed by atoms with Crippen LogP contribution in [-0.4, -0.2) is 38.9 Å².